The monoisotopic (exact) mass is 405 g/mol. The highest BCUT2D eigenvalue weighted by molar-refractivity contribution is 6.31. The first-order valence-electron chi connectivity index (χ1n) is 8.34. The van der Waals surface area contributed by atoms with Crippen molar-refractivity contribution in [3.8, 4) is 0 Å². The third kappa shape index (κ3) is 4.77. The summed E-state index contributed by atoms with van der Waals surface area (Å²) in [6.07, 6.45) is -1.11. The first-order valence-corrected chi connectivity index (χ1v) is 8.72. The van der Waals surface area contributed by atoms with Crippen molar-refractivity contribution in [1.82, 2.24) is 0 Å². The van der Waals surface area contributed by atoms with Crippen LogP contribution in [0.25, 0.3) is 0 Å². The molecule has 2 rings (SSSR count). The Morgan fingerprint density at radius 1 is 1.25 bits per heavy atom. The van der Waals surface area contributed by atoms with E-state index < -0.39 is 22.9 Å². The van der Waals surface area contributed by atoms with Crippen LogP contribution in [0.1, 0.15) is 22.8 Å². The van der Waals surface area contributed by atoms with Gasteiger partial charge in [-0.25, -0.2) is 4.79 Å². The summed E-state index contributed by atoms with van der Waals surface area (Å²) < 4.78 is 5.16. The van der Waals surface area contributed by atoms with Gasteiger partial charge in [-0.2, -0.15) is 0 Å². The molecule has 28 heavy (non-hydrogen) atoms. The number of nitro benzene ring substituents is 1. The molecule has 1 N–H and O–H groups in total. The molecule has 0 spiro atoms. The normalized spacial score (nSPS) is 11.5. The third-order valence-electron chi connectivity index (χ3n) is 4.07. The highest BCUT2D eigenvalue weighted by Gasteiger charge is 2.23. The van der Waals surface area contributed by atoms with E-state index >= 15 is 0 Å². The van der Waals surface area contributed by atoms with E-state index in [0.717, 1.165) is 6.07 Å². The summed E-state index contributed by atoms with van der Waals surface area (Å²) in [5.74, 6) is -1.38. The number of carbonyl (C=O) groups is 2. The van der Waals surface area contributed by atoms with Crippen LogP contribution in [0.15, 0.2) is 36.4 Å². The lowest BCUT2D eigenvalue weighted by molar-refractivity contribution is -0.384. The van der Waals surface area contributed by atoms with Crippen molar-refractivity contribution in [2.45, 2.75) is 20.0 Å². The molecule has 0 saturated heterocycles. The van der Waals surface area contributed by atoms with Gasteiger partial charge in [-0.15, -0.1) is 0 Å². The second kappa shape index (κ2) is 8.71. The number of nitro groups is 1. The smallest absolute Gasteiger partial charge is 0.339 e. The molecule has 2 aromatic rings. The van der Waals surface area contributed by atoms with Gasteiger partial charge in [-0.05, 0) is 43.7 Å². The standard InChI is InChI=1S/C19H20ClN3O5/c1-11-14(20)6-5-7-15(11)21-18(24)12(2)28-19(25)13-8-9-16(22(3)4)17(10-13)23(26)27/h5-10,12H,1-4H3,(H,21,24)/t12-/m0/s1. The SMILES string of the molecule is Cc1c(Cl)cccc1NC(=O)[C@H](C)OC(=O)c1ccc(N(C)C)c([N+](=O)[O-])c1. The first kappa shape index (κ1) is 21.2. The Bertz CT molecular complexity index is 930. The largest absolute Gasteiger partial charge is 0.449 e. The Kier molecular flexibility index (Phi) is 6.58. The van der Waals surface area contributed by atoms with Crippen LogP contribution < -0.4 is 10.2 Å². The minimum atomic E-state index is -1.11. The van der Waals surface area contributed by atoms with E-state index in [1.54, 1.807) is 44.1 Å². The number of anilines is 2. The van der Waals surface area contributed by atoms with Crippen molar-refractivity contribution in [3.63, 3.8) is 0 Å². The van der Waals surface area contributed by atoms with Gasteiger partial charge in [-0.3, -0.25) is 14.9 Å². The molecular weight excluding hydrogens is 386 g/mol. The van der Waals surface area contributed by atoms with Gasteiger partial charge < -0.3 is 15.0 Å². The number of nitrogens with zero attached hydrogens (tertiary/aromatic N) is 2. The van der Waals surface area contributed by atoms with Crippen LogP contribution in [0.5, 0.6) is 0 Å². The van der Waals surface area contributed by atoms with Gasteiger partial charge >= 0.3 is 5.97 Å². The number of esters is 1. The molecule has 0 saturated carbocycles. The molecule has 0 aliphatic rings. The van der Waals surface area contributed by atoms with Gasteiger partial charge in [0.1, 0.15) is 5.69 Å². The molecule has 8 nitrogen and oxygen atoms in total. The molecule has 2 aromatic carbocycles. The molecule has 1 amide bonds. The van der Waals surface area contributed by atoms with Crippen LogP contribution in [-0.2, 0) is 9.53 Å². The lowest BCUT2D eigenvalue weighted by Gasteiger charge is -2.16. The Hall–Kier alpha value is -3.13. The van der Waals surface area contributed by atoms with Gasteiger partial charge in [0, 0.05) is 30.9 Å². The summed E-state index contributed by atoms with van der Waals surface area (Å²) in [4.78, 5) is 36.9. The zero-order valence-corrected chi connectivity index (χ0v) is 16.6. The molecular formula is C19H20ClN3O5. The lowest BCUT2D eigenvalue weighted by atomic mass is 10.1. The summed E-state index contributed by atoms with van der Waals surface area (Å²) in [6.45, 7) is 3.16. The van der Waals surface area contributed by atoms with E-state index in [1.807, 2.05) is 0 Å². The van der Waals surface area contributed by atoms with Crippen LogP contribution in [0.3, 0.4) is 0 Å². The number of nitrogens with one attached hydrogen (secondary N) is 1. The van der Waals surface area contributed by atoms with Crippen LogP contribution in [0.4, 0.5) is 17.1 Å². The van der Waals surface area contributed by atoms with E-state index in [2.05, 4.69) is 5.32 Å². The molecule has 9 heteroatoms. The van der Waals surface area contributed by atoms with Crippen molar-refractivity contribution >= 4 is 40.5 Å². The fourth-order valence-corrected chi connectivity index (χ4v) is 2.61. The quantitative estimate of drug-likeness (QED) is 0.445. The van der Waals surface area contributed by atoms with Crippen LogP contribution >= 0.6 is 11.6 Å². The summed E-state index contributed by atoms with van der Waals surface area (Å²) in [6, 6.07) is 9.05. The van der Waals surface area contributed by atoms with Crippen molar-refractivity contribution in [2.75, 3.05) is 24.3 Å². The fraction of sp³-hybridized carbons (Fsp3) is 0.263. The predicted molar refractivity (Wildman–Crippen MR) is 107 cm³/mol. The minimum Gasteiger partial charge on any atom is -0.449 e. The molecule has 0 aliphatic carbocycles. The molecule has 0 aliphatic heterocycles. The molecule has 0 aromatic heterocycles. The van der Waals surface area contributed by atoms with Crippen molar-refractivity contribution in [2.24, 2.45) is 0 Å². The van der Waals surface area contributed by atoms with Gasteiger partial charge in [0.2, 0.25) is 0 Å². The van der Waals surface area contributed by atoms with Crippen molar-refractivity contribution in [1.29, 1.82) is 0 Å². The number of hydrogen-bond acceptors (Lipinski definition) is 6. The van der Waals surface area contributed by atoms with Crippen molar-refractivity contribution in [3.05, 3.63) is 62.7 Å². The maximum Gasteiger partial charge on any atom is 0.339 e. The Morgan fingerprint density at radius 3 is 2.54 bits per heavy atom. The number of ether oxygens (including phenoxy) is 1. The van der Waals surface area contributed by atoms with E-state index in [1.165, 1.54) is 19.1 Å². The molecule has 0 fully saturated rings. The van der Waals surface area contributed by atoms with Crippen LogP contribution in [-0.4, -0.2) is 37.0 Å². The van der Waals surface area contributed by atoms with E-state index in [4.69, 9.17) is 16.3 Å². The van der Waals surface area contributed by atoms with Crippen molar-refractivity contribution < 1.29 is 19.2 Å². The van der Waals surface area contributed by atoms with Crippen LogP contribution in [0.2, 0.25) is 5.02 Å². The van der Waals surface area contributed by atoms with Crippen LogP contribution in [0, 0.1) is 17.0 Å². The molecule has 148 valence electrons. The Labute approximate surface area is 167 Å². The first-order chi connectivity index (χ1) is 13.1. The summed E-state index contributed by atoms with van der Waals surface area (Å²) in [7, 11) is 3.31. The molecule has 0 heterocycles. The van der Waals surface area contributed by atoms with Gasteiger partial charge in [-0.1, -0.05) is 17.7 Å². The van der Waals surface area contributed by atoms with Gasteiger partial charge in [0.05, 0.1) is 10.5 Å². The maximum absolute atomic E-state index is 12.3. The van der Waals surface area contributed by atoms with E-state index in [0.29, 0.717) is 22.0 Å². The average molecular weight is 406 g/mol. The molecule has 0 unspecified atom stereocenters. The third-order valence-corrected chi connectivity index (χ3v) is 4.48. The number of rotatable bonds is 6. The Balaban J connectivity index is 2.13. The zero-order chi connectivity index (χ0) is 21.0. The lowest BCUT2D eigenvalue weighted by Crippen LogP contribution is -2.30. The number of amides is 1. The number of benzene rings is 2. The minimum absolute atomic E-state index is 0.0177. The molecule has 0 radical (unpaired) electrons. The second-order valence-corrected chi connectivity index (χ2v) is 6.71. The van der Waals surface area contributed by atoms with E-state index in [-0.39, 0.29) is 11.3 Å². The average Bonchev–Trinajstić information content (AvgIpc) is 2.64. The predicted octanol–water partition coefficient (Wildman–Crippen LogP) is 3.81. The Morgan fingerprint density at radius 2 is 1.93 bits per heavy atom. The fourth-order valence-electron chi connectivity index (χ4n) is 2.43. The zero-order valence-electron chi connectivity index (χ0n) is 15.9. The number of carbonyl (C=O) groups excluding carboxylic acids is 2. The summed E-state index contributed by atoms with van der Waals surface area (Å²) >= 11 is 6.02. The molecule has 1 atom stereocenters. The summed E-state index contributed by atoms with van der Waals surface area (Å²) in [5.41, 5.74) is 1.29. The second-order valence-electron chi connectivity index (χ2n) is 6.30. The highest BCUT2D eigenvalue weighted by atomic mass is 35.5. The van der Waals surface area contributed by atoms with Gasteiger partial charge in [0.15, 0.2) is 6.10 Å². The number of halogens is 1. The topological polar surface area (TPSA) is 102 Å². The highest BCUT2D eigenvalue weighted by Crippen LogP contribution is 2.28. The summed E-state index contributed by atoms with van der Waals surface area (Å²) in [5, 5.41) is 14.4. The number of hydrogen-bond donors (Lipinski definition) is 1. The van der Waals surface area contributed by atoms with Gasteiger partial charge in [0.25, 0.3) is 11.6 Å². The molecule has 0 bridgehead atoms. The van der Waals surface area contributed by atoms with E-state index in [9.17, 15) is 19.7 Å². The maximum atomic E-state index is 12.3.